The number of nitro groups is 1. The average Bonchev–Trinajstić information content (AvgIpc) is 3.02. The molecular formula is C16H19NO7. The van der Waals surface area contributed by atoms with Crippen molar-refractivity contribution in [2.24, 2.45) is 0 Å². The smallest absolute Gasteiger partial charge is 0.305 e. The molecule has 0 saturated carbocycles. The van der Waals surface area contributed by atoms with Gasteiger partial charge >= 0.3 is 5.97 Å². The summed E-state index contributed by atoms with van der Waals surface area (Å²) in [6.07, 6.45) is 1.24. The molecule has 0 aliphatic heterocycles. The van der Waals surface area contributed by atoms with Gasteiger partial charge in [0.05, 0.1) is 39.4 Å². The van der Waals surface area contributed by atoms with E-state index in [9.17, 15) is 14.9 Å². The van der Waals surface area contributed by atoms with Crippen molar-refractivity contribution in [3.8, 4) is 11.5 Å². The molecule has 0 saturated heterocycles. The van der Waals surface area contributed by atoms with Crippen molar-refractivity contribution in [2.45, 2.75) is 25.3 Å². The molecule has 0 bridgehead atoms. The number of methoxy groups -OCH3 is 3. The van der Waals surface area contributed by atoms with Crippen LogP contribution >= 0.6 is 0 Å². The highest BCUT2D eigenvalue weighted by Crippen LogP contribution is 2.44. The van der Waals surface area contributed by atoms with Crippen molar-refractivity contribution in [3.63, 3.8) is 0 Å². The first-order valence-electron chi connectivity index (χ1n) is 7.23. The summed E-state index contributed by atoms with van der Waals surface area (Å²) >= 11 is 0. The third kappa shape index (κ3) is 2.86. The van der Waals surface area contributed by atoms with E-state index in [0.717, 1.165) is 0 Å². The van der Waals surface area contributed by atoms with Gasteiger partial charge in [0, 0.05) is 23.7 Å². The first kappa shape index (κ1) is 17.6. The maximum Gasteiger partial charge on any atom is 0.305 e. The molecule has 1 heterocycles. The molecule has 0 amide bonds. The van der Waals surface area contributed by atoms with Gasteiger partial charge in [-0.25, -0.2) is 0 Å². The third-order valence-corrected chi connectivity index (χ3v) is 4.04. The van der Waals surface area contributed by atoms with Crippen LogP contribution in [0.3, 0.4) is 0 Å². The van der Waals surface area contributed by atoms with Gasteiger partial charge in [-0.05, 0) is 12.1 Å². The Balaban J connectivity index is 2.62. The van der Waals surface area contributed by atoms with Gasteiger partial charge in [-0.2, -0.15) is 0 Å². The molecule has 1 unspecified atom stereocenters. The van der Waals surface area contributed by atoms with Gasteiger partial charge in [-0.1, -0.05) is 0 Å². The van der Waals surface area contributed by atoms with Crippen molar-refractivity contribution in [2.75, 3.05) is 21.3 Å². The maximum atomic E-state index is 11.7. The van der Waals surface area contributed by atoms with E-state index in [1.54, 1.807) is 12.1 Å². The number of rotatable bonds is 7. The van der Waals surface area contributed by atoms with E-state index in [4.69, 9.17) is 13.9 Å². The molecule has 1 atom stereocenters. The molecule has 2 aromatic rings. The van der Waals surface area contributed by atoms with Crippen LogP contribution in [-0.4, -0.2) is 32.2 Å². The second-order valence-electron chi connectivity index (χ2n) is 5.44. The largest absolute Gasteiger partial charge is 0.493 e. The summed E-state index contributed by atoms with van der Waals surface area (Å²) in [7, 11) is 4.17. The van der Waals surface area contributed by atoms with Crippen LogP contribution in [0.4, 0.5) is 0 Å². The van der Waals surface area contributed by atoms with Crippen LogP contribution in [0.25, 0.3) is 10.8 Å². The Morgan fingerprint density at radius 3 is 2.54 bits per heavy atom. The van der Waals surface area contributed by atoms with Gasteiger partial charge in [0.1, 0.15) is 0 Å². The number of ether oxygens (including phenoxy) is 3. The minimum atomic E-state index is -1.62. The zero-order valence-corrected chi connectivity index (χ0v) is 14.0. The molecule has 0 aliphatic rings. The Labute approximate surface area is 138 Å². The number of hydrogen-bond acceptors (Lipinski definition) is 7. The first-order valence-corrected chi connectivity index (χ1v) is 7.23. The Morgan fingerprint density at radius 1 is 1.29 bits per heavy atom. The van der Waals surface area contributed by atoms with E-state index in [0.29, 0.717) is 22.3 Å². The number of benzene rings is 1. The van der Waals surface area contributed by atoms with Crippen LogP contribution in [0.5, 0.6) is 11.5 Å². The van der Waals surface area contributed by atoms with E-state index in [2.05, 4.69) is 4.74 Å². The Kier molecular flexibility index (Phi) is 4.96. The standard InChI is InChI=1S/C16H19NO7/c1-16(17(19)20,8-7-12(18)22-3)15-13-10(9-24-15)5-6-11(21-2)14(13)23-4/h5-6,9H,7-8H2,1-4H3. The van der Waals surface area contributed by atoms with Gasteiger partial charge in [-0.15, -0.1) is 0 Å². The number of hydrogen-bond donors (Lipinski definition) is 0. The van der Waals surface area contributed by atoms with Crippen molar-refractivity contribution >= 4 is 16.7 Å². The van der Waals surface area contributed by atoms with E-state index in [1.165, 1.54) is 34.5 Å². The SMILES string of the molecule is COC(=O)CCC(C)(c1occ2ccc(OC)c(OC)c12)[N+](=O)[O-]. The predicted octanol–water partition coefficient (Wildman–Crippen LogP) is 2.90. The molecule has 1 aromatic heterocycles. The average molecular weight is 337 g/mol. The summed E-state index contributed by atoms with van der Waals surface area (Å²) in [4.78, 5) is 22.7. The normalized spacial score (nSPS) is 13.3. The molecule has 0 radical (unpaired) electrons. The lowest BCUT2D eigenvalue weighted by Gasteiger charge is -2.19. The van der Waals surface area contributed by atoms with Gasteiger partial charge in [0.2, 0.25) is 0 Å². The molecule has 0 aliphatic carbocycles. The second kappa shape index (κ2) is 6.77. The van der Waals surface area contributed by atoms with Gasteiger partial charge < -0.3 is 18.6 Å². The van der Waals surface area contributed by atoms with Crippen molar-refractivity contribution in [3.05, 3.63) is 34.3 Å². The zero-order valence-electron chi connectivity index (χ0n) is 14.0. The van der Waals surface area contributed by atoms with Crippen LogP contribution in [0, 0.1) is 10.1 Å². The van der Waals surface area contributed by atoms with Gasteiger partial charge in [-0.3, -0.25) is 14.9 Å². The first-order chi connectivity index (χ1) is 11.4. The van der Waals surface area contributed by atoms with E-state index < -0.39 is 16.4 Å². The molecule has 8 heteroatoms. The van der Waals surface area contributed by atoms with Crippen LogP contribution in [-0.2, 0) is 15.1 Å². The van der Waals surface area contributed by atoms with E-state index in [1.807, 2.05) is 0 Å². The summed E-state index contributed by atoms with van der Waals surface area (Å²) in [6, 6.07) is 3.42. The minimum absolute atomic E-state index is 0.0738. The highest BCUT2D eigenvalue weighted by molar-refractivity contribution is 5.93. The quantitative estimate of drug-likeness (QED) is 0.435. The molecule has 0 spiro atoms. The fourth-order valence-electron chi connectivity index (χ4n) is 2.59. The Hall–Kier alpha value is -2.77. The summed E-state index contributed by atoms with van der Waals surface area (Å²) in [5, 5.41) is 12.8. The molecule has 2 rings (SSSR count). The van der Waals surface area contributed by atoms with E-state index >= 15 is 0 Å². The fraction of sp³-hybridized carbons (Fsp3) is 0.438. The number of fused-ring (bicyclic) bond motifs is 1. The third-order valence-electron chi connectivity index (χ3n) is 4.04. The number of nitrogens with zero attached hydrogens (tertiary/aromatic N) is 1. The molecular weight excluding hydrogens is 318 g/mol. The van der Waals surface area contributed by atoms with Crippen molar-refractivity contribution < 1.29 is 28.3 Å². The van der Waals surface area contributed by atoms with Crippen LogP contribution in [0.2, 0.25) is 0 Å². The lowest BCUT2D eigenvalue weighted by molar-refractivity contribution is -0.578. The van der Waals surface area contributed by atoms with Crippen LogP contribution in [0.1, 0.15) is 25.5 Å². The summed E-state index contributed by atoms with van der Waals surface area (Å²) in [6.45, 7) is 1.41. The summed E-state index contributed by atoms with van der Waals surface area (Å²) in [5.74, 6) is 0.377. The highest BCUT2D eigenvalue weighted by atomic mass is 16.6. The lowest BCUT2D eigenvalue weighted by atomic mass is 9.90. The van der Waals surface area contributed by atoms with Crippen molar-refractivity contribution in [1.29, 1.82) is 0 Å². The number of furan rings is 1. The molecule has 0 fully saturated rings. The zero-order chi connectivity index (χ0) is 17.9. The molecule has 0 N–H and O–H groups in total. The number of carbonyl (C=O) groups is 1. The molecule has 8 nitrogen and oxygen atoms in total. The maximum absolute atomic E-state index is 11.7. The number of carbonyl (C=O) groups excluding carboxylic acids is 1. The summed E-state index contributed by atoms with van der Waals surface area (Å²) in [5.41, 5.74) is -1.62. The highest BCUT2D eigenvalue weighted by Gasteiger charge is 2.45. The lowest BCUT2D eigenvalue weighted by Crippen LogP contribution is -2.32. The molecule has 24 heavy (non-hydrogen) atoms. The minimum Gasteiger partial charge on any atom is -0.493 e. The second-order valence-corrected chi connectivity index (χ2v) is 5.44. The molecule has 130 valence electrons. The Morgan fingerprint density at radius 2 is 2.00 bits per heavy atom. The Bertz CT molecular complexity index is 767. The van der Waals surface area contributed by atoms with Crippen LogP contribution < -0.4 is 9.47 Å². The van der Waals surface area contributed by atoms with E-state index in [-0.39, 0.29) is 18.6 Å². The summed E-state index contributed by atoms with van der Waals surface area (Å²) < 4.78 is 20.7. The molecule has 1 aromatic carbocycles. The topological polar surface area (TPSA) is 101 Å². The number of esters is 1. The van der Waals surface area contributed by atoms with Crippen molar-refractivity contribution in [1.82, 2.24) is 0 Å². The van der Waals surface area contributed by atoms with Gasteiger partial charge in [0.25, 0.3) is 5.54 Å². The fourth-order valence-corrected chi connectivity index (χ4v) is 2.59. The monoisotopic (exact) mass is 337 g/mol. The van der Waals surface area contributed by atoms with Gasteiger partial charge in [0.15, 0.2) is 17.3 Å². The van der Waals surface area contributed by atoms with Crippen LogP contribution in [0.15, 0.2) is 22.8 Å². The predicted molar refractivity (Wildman–Crippen MR) is 84.9 cm³/mol.